The highest BCUT2D eigenvalue weighted by atomic mass is 16.5. The van der Waals surface area contributed by atoms with Crippen molar-refractivity contribution in [2.24, 2.45) is 32.9 Å². The minimum Gasteiger partial charge on any atom is -0.488 e. The lowest BCUT2D eigenvalue weighted by atomic mass is 10.5. The van der Waals surface area contributed by atoms with Crippen molar-refractivity contribution in [3.05, 3.63) is 24.7 Å². The predicted octanol–water partition coefficient (Wildman–Crippen LogP) is -1.41. The van der Waals surface area contributed by atoms with Gasteiger partial charge in [0.1, 0.15) is 13.2 Å². The van der Waals surface area contributed by atoms with E-state index in [1.165, 1.54) is 0 Å². The Morgan fingerprint density at radius 2 is 1.11 bits per heavy atom. The van der Waals surface area contributed by atoms with Gasteiger partial charge in [0.25, 0.3) is 0 Å². The van der Waals surface area contributed by atoms with E-state index in [1.54, 1.807) is 0 Å². The van der Waals surface area contributed by atoms with Crippen molar-refractivity contribution in [3.8, 4) is 0 Å². The van der Waals surface area contributed by atoms with E-state index in [2.05, 4.69) is 23.1 Å². The molecule has 8 N–H and O–H groups in total. The molecule has 0 saturated carbocycles. The number of hydrogen-bond donors (Lipinski definition) is 4. The highest BCUT2D eigenvalue weighted by Crippen LogP contribution is 2.07. The monoisotopic (exact) mass is 256 g/mol. The van der Waals surface area contributed by atoms with Gasteiger partial charge in [0.05, 0.1) is 13.1 Å². The number of aliphatic imine (C=N–C) groups is 2. The van der Waals surface area contributed by atoms with E-state index >= 15 is 0 Å². The largest absolute Gasteiger partial charge is 0.488 e. The van der Waals surface area contributed by atoms with E-state index < -0.39 is 0 Å². The molecule has 0 bridgehead atoms. The minimum absolute atomic E-state index is 0.0107. The third kappa shape index (κ3) is 8.89. The molecule has 0 aromatic heterocycles. The number of ether oxygens (including phenoxy) is 2. The van der Waals surface area contributed by atoms with Crippen LogP contribution >= 0.6 is 0 Å². The number of nitrogens with two attached hydrogens (primary N) is 4. The number of nitrogens with zero attached hydrogens (tertiary/aromatic N) is 2. The Morgan fingerprint density at radius 1 is 0.778 bits per heavy atom. The van der Waals surface area contributed by atoms with Crippen molar-refractivity contribution >= 4 is 11.9 Å². The van der Waals surface area contributed by atoms with E-state index in [-0.39, 0.29) is 25.1 Å². The fraction of sp³-hybridized carbons (Fsp3) is 0.400. The standard InChI is InChI=1S/C10H20N6O2/c1-7(17-5-3-15-9(11)12)8(2)18-6-4-16-10(13)14/h1-6H2,(H4,11,12,15)(H4,13,14,16). The second kappa shape index (κ2) is 8.74. The van der Waals surface area contributed by atoms with Crippen LogP contribution in [0.2, 0.25) is 0 Å². The Labute approximate surface area is 106 Å². The molecular formula is C10H20N6O2. The van der Waals surface area contributed by atoms with Crippen molar-refractivity contribution in [2.45, 2.75) is 0 Å². The molecule has 8 nitrogen and oxygen atoms in total. The first-order chi connectivity index (χ1) is 8.43. The predicted molar refractivity (Wildman–Crippen MR) is 71.5 cm³/mol. The van der Waals surface area contributed by atoms with Crippen LogP contribution in [0.5, 0.6) is 0 Å². The molecule has 0 unspecified atom stereocenters. The molecule has 0 radical (unpaired) electrons. The second-order valence-corrected chi connectivity index (χ2v) is 3.16. The molecule has 0 atom stereocenters. The maximum absolute atomic E-state index is 5.21. The zero-order valence-electron chi connectivity index (χ0n) is 10.3. The molecule has 0 aliphatic rings. The molecule has 0 spiro atoms. The molecule has 0 aromatic carbocycles. The molecule has 0 fully saturated rings. The fourth-order valence-corrected chi connectivity index (χ4v) is 0.848. The van der Waals surface area contributed by atoms with Crippen LogP contribution in [0.15, 0.2) is 34.7 Å². The van der Waals surface area contributed by atoms with Crippen LogP contribution in [0.4, 0.5) is 0 Å². The average Bonchev–Trinajstić information content (AvgIpc) is 2.29. The van der Waals surface area contributed by atoms with Crippen LogP contribution in [-0.4, -0.2) is 38.2 Å². The summed E-state index contributed by atoms with van der Waals surface area (Å²) in [6.45, 7) is 8.53. The van der Waals surface area contributed by atoms with Crippen molar-refractivity contribution < 1.29 is 9.47 Å². The van der Waals surface area contributed by atoms with Crippen LogP contribution in [0.3, 0.4) is 0 Å². The van der Waals surface area contributed by atoms with Crippen molar-refractivity contribution in [1.29, 1.82) is 0 Å². The SMILES string of the molecule is C=C(OCCN=C(N)N)C(=C)OCCN=C(N)N. The van der Waals surface area contributed by atoms with Gasteiger partial charge < -0.3 is 32.4 Å². The summed E-state index contributed by atoms with van der Waals surface area (Å²) in [7, 11) is 0. The lowest BCUT2D eigenvalue weighted by Crippen LogP contribution is -2.23. The molecule has 0 aliphatic heterocycles. The average molecular weight is 256 g/mol. The Morgan fingerprint density at radius 3 is 1.39 bits per heavy atom. The van der Waals surface area contributed by atoms with Gasteiger partial charge in [-0.2, -0.15) is 0 Å². The highest BCUT2D eigenvalue weighted by Gasteiger charge is 2.02. The van der Waals surface area contributed by atoms with Crippen LogP contribution in [-0.2, 0) is 9.47 Å². The van der Waals surface area contributed by atoms with Gasteiger partial charge in [0.2, 0.25) is 0 Å². The van der Waals surface area contributed by atoms with Gasteiger partial charge in [0.15, 0.2) is 23.4 Å². The number of hydrogen-bond acceptors (Lipinski definition) is 4. The molecule has 8 heteroatoms. The first-order valence-electron chi connectivity index (χ1n) is 5.18. The van der Waals surface area contributed by atoms with Gasteiger partial charge in [-0.15, -0.1) is 0 Å². The lowest BCUT2D eigenvalue weighted by molar-refractivity contribution is 0.161. The zero-order valence-corrected chi connectivity index (χ0v) is 10.3. The van der Waals surface area contributed by atoms with E-state index in [0.717, 1.165) is 0 Å². The lowest BCUT2D eigenvalue weighted by Gasteiger charge is -2.11. The van der Waals surface area contributed by atoms with Gasteiger partial charge >= 0.3 is 0 Å². The first kappa shape index (κ1) is 15.6. The number of rotatable bonds is 9. The Kier molecular flexibility index (Phi) is 7.58. The van der Waals surface area contributed by atoms with Crippen molar-refractivity contribution in [2.75, 3.05) is 26.3 Å². The molecular weight excluding hydrogens is 236 g/mol. The van der Waals surface area contributed by atoms with E-state index in [1.807, 2.05) is 0 Å². The quantitative estimate of drug-likeness (QED) is 0.131. The van der Waals surface area contributed by atoms with Crippen LogP contribution in [0.1, 0.15) is 0 Å². The minimum atomic E-state index is 0.0107. The van der Waals surface area contributed by atoms with Crippen molar-refractivity contribution in [3.63, 3.8) is 0 Å². The van der Waals surface area contributed by atoms with Crippen LogP contribution in [0, 0.1) is 0 Å². The fourth-order valence-electron chi connectivity index (χ4n) is 0.848. The summed E-state index contributed by atoms with van der Waals surface area (Å²) < 4.78 is 10.4. The van der Waals surface area contributed by atoms with Gasteiger partial charge in [-0.3, -0.25) is 9.98 Å². The van der Waals surface area contributed by atoms with Crippen molar-refractivity contribution in [1.82, 2.24) is 0 Å². The summed E-state index contributed by atoms with van der Waals surface area (Å²) in [5, 5.41) is 0. The third-order valence-corrected chi connectivity index (χ3v) is 1.63. The first-order valence-corrected chi connectivity index (χ1v) is 5.18. The normalized spacial score (nSPS) is 9.11. The van der Waals surface area contributed by atoms with Gasteiger partial charge in [0, 0.05) is 0 Å². The molecule has 102 valence electrons. The Bertz CT molecular complexity index is 308. The van der Waals surface area contributed by atoms with E-state index in [9.17, 15) is 0 Å². The molecule has 0 aliphatic carbocycles. The third-order valence-electron chi connectivity index (χ3n) is 1.63. The second-order valence-electron chi connectivity index (χ2n) is 3.16. The van der Waals surface area contributed by atoms with Gasteiger partial charge in [-0.05, 0) is 0 Å². The summed E-state index contributed by atoms with van der Waals surface area (Å²) in [6.07, 6.45) is 0. The smallest absolute Gasteiger partial charge is 0.186 e. The molecule has 0 aromatic rings. The summed E-state index contributed by atoms with van der Waals surface area (Å²) in [6, 6.07) is 0. The van der Waals surface area contributed by atoms with Crippen LogP contribution in [0.25, 0.3) is 0 Å². The molecule has 0 saturated heterocycles. The Balaban J connectivity index is 3.73. The van der Waals surface area contributed by atoms with Crippen LogP contribution < -0.4 is 22.9 Å². The summed E-state index contributed by atoms with van der Waals surface area (Å²) >= 11 is 0. The molecule has 0 amide bonds. The number of guanidine groups is 2. The maximum atomic E-state index is 5.21. The summed E-state index contributed by atoms with van der Waals surface area (Å²) in [5.74, 6) is 0.643. The molecule has 0 rings (SSSR count). The topological polar surface area (TPSA) is 147 Å². The van der Waals surface area contributed by atoms with E-state index in [0.29, 0.717) is 24.6 Å². The molecule has 18 heavy (non-hydrogen) atoms. The molecule has 0 heterocycles. The summed E-state index contributed by atoms with van der Waals surface area (Å²) in [5.41, 5.74) is 20.6. The zero-order chi connectivity index (χ0) is 14.0. The maximum Gasteiger partial charge on any atom is 0.186 e. The Hall–Kier alpha value is -2.38. The van der Waals surface area contributed by atoms with Gasteiger partial charge in [-0.1, -0.05) is 13.2 Å². The highest BCUT2D eigenvalue weighted by molar-refractivity contribution is 5.75. The van der Waals surface area contributed by atoms with E-state index in [4.69, 9.17) is 32.4 Å². The summed E-state index contributed by atoms with van der Waals surface area (Å²) in [4.78, 5) is 7.48. The van der Waals surface area contributed by atoms with Gasteiger partial charge in [-0.25, -0.2) is 0 Å².